The molecule has 0 aliphatic rings. The minimum Gasteiger partial charge on any atom is -0.398 e. The van der Waals surface area contributed by atoms with Crippen LogP contribution in [0.5, 0.6) is 0 Å². The SMILES string of the molecule is Cc1cccc(N)c1S(=O)(=O)N(C)Cc1cscn1. The number of rotatable bonds is 4. The van der Waals surface area contributed by atoms with E-state index in [1.54, 1.807) is 30.6 Å². The van der Waals surface area contributed by atoms with Crippen molar-refractivity contribution in [2.24, 2.45) is 0 Å². The van der Waals surface area contributed by atoms with Crippen molar-refractivity contribution in [3.05, 3.63) is 40.3 Å². The van der Waals surface area contributed by atoms with Crippen LogP contribution in [0.1, 0.15) is 11.3 Å². The standard InChI is InChI=1S/C12H15N3O2S2/c1-9-4-3-5-11(13)12(9)19(16,17)15(2)6-10-7-18-8-14-10/h3-5,7-8H,6,13H2,1-2H3. The van der Waals surface area contributed by atoms with Gasteiger partial charge in [-0.25, -0.2) is 13.4 Å². The Hall–Kier alpha value is -1.44. The maximum absolute atomic E-state index is 12.5. The molecule has 1 aromatic carbocycles. The highest BCUT2D eigenvalue weighted by molar-refractivity contribution is 7.89. The van der Waals surface area contributed by atoms with Crippen molar-refractivity contribution in [1.29, 1.82) is 0 Å². The summed E-state index contributed by atoms with van der Waals surface area (Å²) in [4.78, 5) is 4.26. The van der Waals surface area contributed by atoms with Crippen LogP contribution in [0.15, 0.2) is 34.0 Å². The number of thiazole rings is 1. The Morgan fingerprint density at radius 2 is 2.16 bits per heavy atom. The van der Waals surface area contributed by atoms with Crippen molar-refractivity contribution in [3.8, 4) is 0 Å². The van der Waals surface area contributed by atoms with Gasteiger partial charge in [-0.2, -0.15) is 4.31 Å². The lowest BCUT2D eigenvalue weighted by Gasteiger charge is -2.18. The Labute approximate surface area is 116 Å². The maximum atomic E-state index is 12.5. The molecule has 102 valence electrons. The van der Waals surface area contributed by atoms with Gasteiger partial charge in [0.1, 0.15) is 4.90 Å². The topological polar surface area (TPSA) is 76.3 Å². The van der Waals surface area contributed by atoms with Gasteiger partial charge in [0.2, 0.25) is 10.0 Å². The highest BCUT2D eigenvalue weighted by atomic mass is 32.2. The molecule has 2 aromatic rings. The first-order chi connectivity index (χ1) is 8.93. The molecule has 1 heterocycles. The van der Waals surface area contributed by atoms with Crippen LogP contribution in [0.3, 0.4) is 0 Å². The molecular formula is C12H15N3O2S2. The molecular weight excluding hydrogens is 282 g/mol. The van der Waals surface area contributed by atoms with Crippen LogP contribution in [0, 0.1) is 6.92 Å². The molecule has 19 heavy (non-hydrogen) atoms. The number of nitrogens with two attached hydrogens (primary N) is 1. The van der Waals surface area contributed by atoms with E-state index in [1.807, 2.05) is 5.38 Å². The lowest BCUT2D eigenvalue weighted by atomic mass is 10.2. The second-order valence-electron chi connectivity index (χ2n) is 4.23. The number of aromatic nitrogens is 1. The molecule has 2 N–H and O–H groups in total. The summed E-state index contributed by atoms with van der Waals surface area (Å²) in [5.41, 5.74) is 9.12. The Morgan fingerprint density at radius 1 is 1.42 bits per heavy atom. The fourth-order valence-corrected chi connectivity index (χ4v) is 3.82. The van der Waals surface area contributed by atoms with Gasteiger partial charge in [0.05, 0.1) is 23.4 Å². The molecule has 0 amide bonds. The van der Waals surface area contributed by atoms with Gasteiger partial charge in [0.25, 0.3) is 0 Å². The zero-order chi connectivity index (χ0) is 14.0. The summed E-state index contributed by atoms with van der Waals surface area (Å²) in [5.74, 6) is 0. The number of hydrogen-bond acceptors (Lipinski definition) is 5. The Morgan fingerprint density at radius 3 is 2.74 bits per heavy atom. The van der Waals surface area contributed by atoms with Gasteiger partial charge in [-0.15, -0.1) is 11.3 Å². The van der Waals surface area contributed by atoms with Gasteiger partial charge in [-0.3, -0.25) is 0 Å². The van der Waals surface area contributed by atoms with Gasteiger partial charge in [-0.1, -0.05) is 12.1 Å². The quantitative estimate of drug-likeness (QED) is 0.874. The van der Waals surface area contributed by atoms with Crippen LogP contribution < -0.4 is 5.73 Å². The van der Waals surface area contributed by atoms with Crippen LogP contribution in [-0.2, 0) is 16.6 Å². The van der Waals surface area contributed by atoms with E-state index in [0.717, 1.165) is 5.69 Å². The predicted octanol–water partition coefficient (Wildman–Crippen LogP) is 1.85. The number of anilines is 1. The second kappa shape index (κ2) is 5.28. The summed E-state index contributed by atoms with van der Waals surface area (Å²) in [7, 11) is -2.08. The van der Waals surface area contributed by atoms with E-state index in [-0.39, 0.29) is 17.1 Å². The molecule has 0 fully saturated rings. The Balaban J connectivity index is 2.37. The van der Waals surface area contributed by atoms with E-state index in [1.165, 1.54) is 22.7 Å². The smallest absolute Gasteiger partial charge is 0.245 e. The van der Waals surface area contributed by atoms with Crippen LogP contribution in [0.25, 0.3) is 0 Å². The maximum Gasteiger partial charge on any atom is 0.245 e. The molecule has 2 rings (SSSR count). The van der Waals surface area contributed by atoms with E-state index in [2.05, 4.69) is 4.98 Å². The van der Waals surface area contributed by atoms with Crippen LogP contribution in [0.4, 0.5) is 5.69 Å². The zero-order valence-electron chi connectivity index (χ0n) is 10.7. The van der Waals surface area contributed by atoms with Crippen molar-refractivity contribution < 1.29 is 8.42 Å². The summed E-state index contributed by atoms with van der Waals surface area (Å²) < 4.78 is 26.3. The molecule has 0 radical (unpaired) electrons. The highest BCUT2D eigenvalue weighted by Crippen LogP contribution is 2.26. The molecule has 0 saturated carbocycles. The number of aryl methyl sites for hydroxylation is 1. The van der Waals surface area contributed by atoms with E-state index in [9.17, 15) is 8.42 Å². The van der Waals surface area contributed by atoms with Crippen LogP contribution in [0.2, 0.25) is 0 Å². The van der Waals surface area contributed by atoms with E-state index < -0.39 is 10.0 Å². The number of hydrogen-bond donors (Lipinski definition) is 1. The van der Waals surface area contributed by atoms with Crippen molar-refractivity contribution >= 4 is 27.0 Å². The predicted molar refractivity (Wildman–Crippen MR) is 76.4 cm³/mol. The number of nitrogen functional groups attached to an aromatic ring is 1. The molecule has 1 aromatic heterocycles. The summed E-state index contributed by atoms with van der Waals surface area (Å²) >= 11 is 1.44. The van der Waals surface area contributed by atoms with Gasteiger partial charge < -0.3 is 5.73 Å². The van der Waals surface area contributed by atoms with Gasteiger partial charge >= 0.3 is 0 Å². The summed E-state index contributed by atoms with van der Waals surface area (Å²) in [6.07, 6.45) is 0. The molecule has 0 aliphatic carbocycles. The fourth-order valence-electron chi connectivity index (χ4n) is 1.81. The van der Waals surface area contributed by atoms with E-state index in [0.29, 0.717) is 5.56 Å². The van der Waals surface area contributed by atoms with Crippen molar-refractivity contribution in [2.45, 2.75) is 18.4 Å². The molecule has 0 aliphatic heterocycles. The first-order valence-electron chi connectivity index (χ1n) is 5.61. The summed E-state index contributed by atoms with van der Waals surface area (Å²) in [5, 5.41) is 1.83. The average Bonchev–Trinajstić information content (AvgIpc) is 2.81. The third kappa shape index (κ3) is 2.78. The molecule has 0 saturated heterocycles. The first-order valence-corrected chi connectivity index (χ1v) is 7.99. The molecule has 7 heteroatoms. The Kier molecular flexibility index (Phi) is 3.88. The van der Waals surface area contributed by atoms with Gasteiger partial charge in [0.15, 0.2) is 0 Å². The lowest BCUT2D eigenvalue weighted by Crippen LogP contribution is -2.28. The number of benzene rings is 1. The fraction of sp³-hybridized carbons (Fsp3) is 0.250. The molecule has 0 bridgehead atoms. The Bertz CT molecular complexity index is 646. The van der Waals surface area contributed by atoms with Crippen LogP contribution >= 0.6 is 11.3 Å². The minimum atomic E-state index is -3.60. The second-order valence-corrected chi connectivity index (χ2v) is 6.93. The number of sulfonamides is 1. The molecule has 0 unspecified atom stereocenters. The average molecular weight is 297 g/mol. The number of nitrogens with zero attached hydrogens (tertiary/aromatic N) is 2. The van der Waals surface area contributed by atoms with Crippen molar-refractivity contribution in [2.75, 3.05) is 12.8 Å². The first kappa shape index (κ1) is 14.0. The minimum absolute atomic E-state index is 0.174. The summed E-state index contributed by atoms with van der Waals surface area (Å²) in [6.45, 7) is 1.97. The van der Waals surface area contributed by atoms with Gasteiger partial charge in [0, 0.05) is 12.4 Å². The largest absolute Gasteiger partial charge is 0.398 e. The normalized spacial score (nSPS) is 11.9. The molecule has 0 spiro atoms. The van der Waals surface area contributed by atoms with Gasteiger partial charge in [-0.05, 0) is 18.6 Å². The zero-order valence-corrected chi connectivity index (χ0v) is 12.3. The monoisotopic (exact) mass is 297 g/mol. The molecule has 0 atom stereocenters. The lowest BCUT2D eigenvalue weighted by molar-refractivity contribution is 0.463. The van der Waals surface area contributed by atoms with E-state index in [4.69, 9.17) is 5.73 Å². The third-order valence-electron chi connectivity index (χ3n) is 2.78. The van der Waals surface area contributed by atoms with Crippen LogP contribution in [-0.4, -0.2) is 24.8 Å². The highest BCUT2D eigenvalue weighted by Gasteiger charge is 2.25. The van der Waals surface area contributed by atoms with Crippen molar-refractivity contribution in [3.63, 3.8) is 0 Å². The third-order valence-corrected chi connectivity index (χ3v) is 5.44. The molecule has 5 nitrogen and oxygen atoms in total. The summed E-state index contributed by atoms with van der Waals surface area (Å²) in [6, 6.07) is 5.07. The van der Waals surface area contributed by atoms with Crippen molar-refractivity contribution in [1.82, 2.24) is 9.29 Å². The van der Waals surface area contributed by atoms with E-state index >= 15 is 0 Å².